The standard InChI is InChI=1S/C14H22O5/c1-9(15)17-7-11-13(3,8-18-10(2)16)12-5-6-14(11,4)19-12/h11-12H,5-8H2,1-4H3/t11-,12+,13+,14+/m0/s1. The normalized spacial score (nSPS) is 40.2. The SMILES string of the molecule is CC(=O)OC[C@H]1[C@@](C)(COC(C)=O)[C@H]2CC[C@@]1(C)O2. The van der Waals surface area contributed by atoms with E-state index in [0.29, 0.717) is 13.2 Å². The van der Waals surface area contributed by atoms with E-state index in [2.05, 4.69) is 13.8 Å². The molecule has 5 nitrogen and oxygen atoms in total. The van der Waals surface area contributed by atoms with Crippen LogP contribution in [0.5, 0.6) is 0 Å². The van der Waals surface area contributed by atoms with Crippen LogP contribution in [0.25, 0.3) is 0 Å². The van der Waals surface area contributed by atoms with Crippen molar-refractivity contribution in [2.24, 2.45) is 11.3 Å². The number of carbonyl (C=O) groups is 2. The number of hydrogen-bond donors (Lipinski definition) is 0. The highest BCUT2D eigenvalue weighted by molar-refractivity contribution is 5.66. The number of fused-ring (bicyclic) bond motifs is 2. The second kappa shape index (κ2) is 4.78. The van der Waals surface area contributed by atoms with E-state index in [1.54, 1.807) is 0 Å². The number of hydrogen-bond acceptors (Lipinski definition) is 5. The Balaban J connectivity index is 2.14. The molecule has 19 heavy (non-hydrogen) atoms. The maximum atomic E-state index is 11.1. The van der Waals surface area contributed by atoms with Crippen molar-refractivity contribution >= 4 is 11.9 Å². The third-order valence-electron chi connectivity index (χ3n) is 4.62. The summed E-state index contributed by atoms with van der Waals surface area (Å²) in [7, 11) is 0. The Morgan fingerprint density at radius 3 is 2.42 bits per heavy atom. The van der Waals surface area contributed by atoms with Crippen LogP contribution in [0.4, 0.5) is 0 Å². The molecule has 0 radical (unpaired) electrons. The van der Waals surface area contributed by atoms with Crippen LogP contribution in [0.1, 0.15) is 40.5 Å². The van der Waals surface area contributed by atoms with Gasteiger partial charge in [0.1, 0.15) is 0 Å². The molecular weight excluding hydrogens is 248 g/mol. The van der Waals surface area contributed by atoms with Gasteiger partial charge in [0.25, 0.3) is 0 Å². The van der Waals surface area contributed by atoms with Crippen LogP contribution in [0.3, 0.4) is 0 Å². The lowest BCUT2D eigenvalue weighted by atomic mass is 9.63. The van der Waals surface area contributed by atoms with Gasteiger partial charge in [-0.2, -0.15) is 0 Å². The average molecular weight is 270 g/mol. The van der Waals surface area contributed by atoms with Gasteiger partial charge in [-0.05, 0) is 19.8 Å². The summed E-state index contributed by atoms with van der Waals surface area (Å²) >= 11 is 0. The molecule has 2 fully saturated rings. The predicted molar refractivity (Wildman–Crippen MR) is 67.4 cm³/mol. The molecule has 0 aliphatic carbocycles. The van der Waals surface area contributed by atoms with Crippen molar-refractivity contribution in [2.45, 2.75) is 52.2 Å². The molecule has 2 rings (SSSR count). The second-order valence-corrected chi connectivity index (χ2v) is 6.10. The van der Waals surface area contributed by atoms with Crippen LogP contribution in [-0.4, -0.2) is 36.9 Å². The molecule has 2 saturated heterocycles. The van der Waals surface area contributed by atoms with E-state index in [4.69, 9.17) is 14.2 Å². The third kappa shape index (κ3) is 2.48. The minimum Gasteiger partial charge on any atom is -0.465 e. The lowest BCUT2D eigenvalue weighted by molar-refractivity contribution is -0.151. The van der Waals surface area contributed by atoms with Crippen molar-refractivity contribution in [3.63, 3.8) is 0 Å². The summed E-state index contributed by atoms with van der Waals surface area (Å²) in [6.45, 7) is 7.55. The van der Waals surface area contributed by atoms with E-state index in [0.717, 1.165) is 12.8 Å². The quantitative estimate of drug-likeness (QED) is 0.727. The first kappa shape index (κ1) is 14.3. The minimum absolute atomic E-state index is 0.0574. The molecule has 2 bridgehead atoms. The Bertz CT molecular complexity index is 393. The van der Waals surface area contributed by atoms with Crippen LogP contribution in [0.15, 0.2) is 0 Å². The zero-order chi connectivity index (χ0) is 14.3. The van der Waals surface area contributed by atoms with Gasteiger partial charge in [0, 0.05) is 25.2 Å². The fraction of sp³-hybridized carbons (Fsp3) is 0.857. The monoisotopic (exact) mass is 270 g/mol. The van der Waals surface area contributed by atoms with Gasteiger partial charge in [-0.3, -0.25) is 9.59 Å². The zero-order valence-corrected chi connectivity index (χ0v) is 12.0. The Labute approximate surface area is 113 Å². The van der Waals surface area contributed by atoms with Crippen molar-refractivity contribution in [1.29, 1.82) is 0 Å². The van der Waals surface area contributed by atoms with Gasteiger partial charge in [0.15, 0.2) is 0 Å². The topological polar surface area (TPSA) is 61.8 Å². The third-order valence-corrected chi connectivity index (χ3v) is 4.62. The van der Waals surface area contributed by atoms with Gasteiger partial charge >= 0.3 is 11.9 Å². The van der Waals surface area contributed by atoms with Crippen molar-refractivity contribution in [1.82, 2.24) is 0 Å². The molecule has 108 valence electrons. The minimum atomic E-state index is -0.291. The molecule has 0 aromatic carbocycles. The first-order valence-corrected chi connectivity index (χ1v) is 6.72. The van der Waals surface area contributed by atoms with Crippen LogP contribution in [0, 0.1) is 11.3 Å². The summed E-state index contributed by atoms with van der Waals surface area (Å²) in [5.74, 6) is -0.524. The summed E-state index contributed by atoms with van der Waals surface area (Å²) in [5, 5.41) is 0. The molecule has 5 heteroatoms. The van der Waals surface area contributed by atoms with Gasteiger partial charge in [0.2, 0.25) is 0 Å². The number of rotatable bonds is 4. The van der Waals surface area contributed by atoms with Gasteiger partial charge < -0.3 is 14.2 Å². The van der Waals surface area contributed by atoms with Gasteiger partial charge in [-0.1, -0.05) is 6.92 Å². The molecule has 2 aliphatic heterocycles. The van der Waals surface area contributed by atoms with Gasteiger partial charge in [0.05, 0.1) is 24.9 Å². The highest BCUT2D eigenvalue weighted by Crippen LogP contribution is 2.57. The van der Waals surface area contributed by atoms with Crippen molar-refractivity contribution in [3.8, 4) is 0 Å². The maximum Gasteiger partial charge on any atom is 0.302 e. The highest BCUT2D eigenvalue weighted by Gasteiger charge is 2.63. The van der Waals surface area contributed by atoms with Crippen molar-refractivity contribution in [3.05, 3.63) is 0 Å². The van der Waals surface area contributed by atoms with E-state index in [1.165, 1.54) is 13.8 Å². The molecule has 0 aromatic heterocycles. The van der Waals surface area contributed by atoms with Gasteiger partial charge in [-0.15, -0.1) is 0 Å². The average Bonchev–Trinajstić information content (AvgIpc) is 2.77. The molecule has 0 spiro atoms. The van der Waals surface area contributed by atoms with Crippen LogP contribution >= 0.6 is 0 Å². The Hall–Kier alpha value is -1.10. The summed E-state index contributed by atoms with van der Waals surface area (Å²) < 4.78 is 16.5. The molecular formula is C14H22O5. The van der Waals surface area contributed by atoms with E-state index in [-0.39, 0.29) is 35.0 Å². The molecule has 4 atom stereocenters. The fourth-order valence-corrected chi connectivity index (χ4v) is 3.52. The van der Waals surface area contributed by atoms with Crippen molar-refractivity contribution < 1.29 is 23.8 Å². The smallest absolute Gasteiger partial charge is 0.302 e. The van der Waals surface area contributed by atoms with Crippen LogP contribution < -0.4 is 0 Å². The lowest BCUT2D eigenvalue weighted by Gasteiger charge is -2.40. The molecule has 0 aromatic rings. The van der Waals surface area contributed by atoms with Crippen LogP contribution in [0.2, 0.25) is 0 Å². The fourth-order valence-electron chi connectivity index (χ4n) is 3.52. The highest BCUT2D eigenvalue weighted by atomic mass is 16.6. The summed E-state index contributed by atoms with van der Waals surface area (Å²) in [4.78, 5) is 22.1. The zero-order valence-electron chi connectivity index (χ0n) is 12.0. The Kier molecular flexibility index (Phi) is 3.60. The largest absolute Gasteiger partial charge is 0.465 e. The summed E-state index contributed by atoms with van der Waals surface area (Å²) in [5.41, 5.74) is -0.566. The molecule has 2 heterocycles. The number of esters is 2. The molecule has 0 N–H and O–H groups in total. The van der Waals surface area contributed by atoms with Crippen LogP contribution in [-0.2, 0) is 23.8 Å². The maximum absolute atomic E-state index is 11.1. The van der Waals surface area contributed by atoms with E-state index in [1.807, 2.05) is 0 Å². The molecule has 0 saturated carbocycles. The predicted octanol–water partition coefficient (Wildman–Crippen LogP) is 1.69. The summed E-state index contributed by atoms with van der Waals surface area (Å²) in [6.07, 6.45) is 1.99. The lowest BCUT2D eigenvalue weighted by Crippen LogP contribution is -2.48. The molecule has 0 unspecified atom stereocenters. The number of carbonyl (C=O) groups excluding carboxylic acids is 2. The van der Waals surface area contributed by atoms with E-state index < -0.39 is 0 Å². The molecule has 2 aliphatic rings. The Morgan fingerprint density at radius 1 is 1.21 bits per heavy atom. The summed E-state index contributed by atoms with van der Waals surface area (Å²) in [6, 6.07) is 0. The molecule has 0 amide bonds. The number of ether oxygens (including phenoxy) is 3. The van der Waals surface area contributed by atoms with Crippen molar-refractivity contribution in [2.75, 3.05) is 13.2 Å². The second-order valence-electron chi connectivity index (χ2n) is 6.10. The first-order chi connectivity index (χ1) is 8.78. The Morgan fingerprint density at radius 2 is 1.84 bits per heavy atom. The van der Waals surface area contributed by atoms with E-state index in [9.17, 15) is 9.59 Å². The van der Waals surface area contributed by atoms with E-state index >= 15 is 0 Å². The first-order valence-electron chi connectivity index (χ1n) is 6.72. The van der Waals surface area contributed by atoms with Gasteiger partial charge in [-0.25, -0.2) is 0 Å².